The zero-order valence-electron chi connectivity index (χ0n) is 9.01. The molecule has 0 aliphatic carbocycles. The summed E-state index contributed by atoms with van der Waals surface area (Å²) in [7, 11) is 0. The molecule has 0 aromatic heterocycles. The van der Waals surface area contributed by atoms with Crippen LogP contribution in [0.15, 0.2) is 24.3 Å². The van der Waals surface area contributed by atoms with Crippen LogP contribution in [0.2, 0.25) is 0 Å². The highest BCUT2D eigenvalue weighted by atomic mass is 16.5. The minimum atomic E-state index is -1.44. The van der Waals surface area contributed by atoms with Gasteiger partial charge in [-0.1, -0.05) is 18.2 Å². The molecule has 0 saturated heterocycles. The second-order valence-electron chi connectivity index (χ2n) is 3.78. The lowest BCUT2D eigenvalue weighted by Gasteiger charge is -2.20. The van der Waals surface area contributed by atoms with Gasteiger partial charge in [0.2, 0.25) is 0 Å². The summed E-state index contributed by atoms with van der Waals surface area (Å²) in [5.41, 5.74) is 4.67. The van der Waals surface area contributed by atoms with Crippen LogP contribution >= 0.6 is 0 Å². The largest absolute Gasteiger partial charge is 0.491 e. The number of aliphatic hydroxyl groups is 1. The molecule has 1 aromatic rings. The van der Waals surface area contributed by atoms with Crippen LogP contribution in [0.5, 0.6) is 5.75 Å². The highest BCUT2D eigenvalue weighted by Gasteiger charge is 2.29. The smallest absolute Gasteiger partial charge is 0.326 e. The number of hydrogen-bond acceptors (Lipinski definition) is 4. The van der Waals surface area contributed by atoms with Gasteiger partial charge in [0.15, 0.2) is 0 Å². The second-order valence-corrected chi connectivity index (χ2v) is 3.78. The monoisotopic (exact) mass is 225 g/mol. The molecule has 0 bridgehead atoms. The van der Waals surface area contributed by atoms with Crippen LogP contribution in [0.3, 0.4) is 0 Å². The molecule has 1 aromatic carbocycles. The first-order valence-corrected chi connectivity index (χ1v) is 4.81. The van der Waals surface area contributed by atoms with Crippen molar-refractivity contribution in [3.8, 4) is 5.75 Å². The number of nitrogens with two attached hydrogens (primary N) is 1. The van der Waals surface area contributed by atoms with Gasteiger partial charge in [-0.3, -0.25) is 4.79 Å². The first-order valence-electron chi connectivity index (χ1n) is 4.81. The highest BCUT2D eigenvalue weighted by Crippen LogP contribution is 2.18. The number of ether oxygens (including phenoxy) is 1. The quantitative estimate of drug-likeness (QED) is 0.672. The molecule has 16 heavy (non-hydrogen) atoms. The molecular formula is C11H15NO4. The van der Waals surface area contributed by atoms with Crippen LogP contribution in [-0.4, -0.2) is 28.3 Å². The van der Waals surface area contributed by atoms with E-state index >= 15 is 0 Å². The Balaban J connectivity index is 2.71. The molecule has 0 radical (unpaired) electrons. The van der Waals surface area contributed by atoms with Crippen molar-refractivity contribution in [2.45, 2.75) is 19.1 Å². The van der Waals surface area contributed by atoms with Crippen LogP contribution < -0.4 is 10.5 Å². The number of carboxylic acids is 1. The van der Waals surface area contributed by atoms with Gasteiger partial charge in [0.25, 0.3) is 0 Å². The summed E-state index contributed by atoms with van der Waals surface area (Å²) in [6.07, 6.45) is 0. The summed E-state index contributed by atoms with van der Waals surface area (Å²) in [4.78, 5) is 10.7. The molecule has 0 fully saturated rings. The number of aliphatic carboxylic acids is 1. The Bertz CT molecular complexity index is 376. The Morgan fingerprint density at radius 1 is 1.50 bits per heavy atom. The maximum Gasteiger partial charge on any atom is 0.326 e. The van der Waals surface area contributed by atoms with E-state index in [4.69, 9.17) is 20.7 Å². The van der Waals surface area contributed by atoms with Crippen molar-refractivity contribution in [1.82, 2.24) is 0 Å². The van der Waals surface area contributed by atoms with Crippen molar-refractivity contribution in [2.75, 3.05) is 6.61 Å². The third kappa shape index (κ3) is 2.95. The summed E-state index contributed by atoms with van der Waals surface area (Å²) in [5, 5.41) is 17.8. The van der Waals surface area contributed by atoms with E-state index in [9.17, 15) is 4.79 Å². The number of para-hydroxylation sites is 1. The average Bonchev–Trinajstić information content (AvgIpc) is 2.26. The summed E-state index contributed by atoms with van der Waals surface area (Å²) in [6, 6.07) is 6.85. The fraction of sp³-hybridized carbons (Fsp3) is 0.364. The number of hydrogen-bond donors (Lipinski definition) is 3. The molecule has 0 aliphatic rings. The standard InChI is InChI=1S/C11H15NO4/c1-11(12,10(14)15)7-16-9-5-3-2-4-8(9)6-13/h2-5,13H,6-7,12H2,1H3,(H,14,15). The third-order valence-electron chi connectivity index (χ3n) is 2.16. The van der Waals surface area contributed by atoms with Gasteiger partial charge in [-0.2, -0.15) is 0 Å². The number of aliphatic hydroxyl groups excluding tert-OH is 1. The first kappa shape index (κ1) is 12.5. The summed E-state index contributed by atoms with van der Waals surface area (Å²) in [5.74, 6) is -0.683. The van der Waals surface area contributed by atoms with Crippen LogP contribution in [0.1, 0.15) is 12.5 Å². The van der Waals surface area contributed by atoms with Gasteiger partial charge in [-0.05, 0) is 13.0 Å². The number of carbonyl (C=O) groups is 1. The molecule has 1 rings (SSSR count). The van der Waals surface area contributed by atoms with E-state index in [1.165, 1.54) is 6.92 Å². The summed E-state index contributed by atoms with van der Waals surface area (Å²) >= 11 is 0. The molecule has 0 aliphatic heterocycles. The Hall–Kier alpha value is -1.59. The molecule has 0 heterocycles. The summed E-state index contributed by atoms with van der Waals surface area (Å²) < 4.78 is 5.29. The maximum atomic E-state index is 10.7. The Morgan fingerprint density at radius 3 is 2.69 bits per heavy atom. The molecule has 5 nitrogen and oxygen atoms in total. The van der Waals surface area contributed by atoms with E-state index in [0.29, 0.717) is 11.3 Å². The van der Waals surface area contributed by atoms with Crippen molar-refractivity contribution in [2.24, 2.45) is 5.73 Å². The van der Waals surface area contributed by atoms with E-state index in [1.54, 1.807) is 24.3 Å². The first-order chi connectivity index (χ1) is 7.47. The van der Waals surface area contributed by atoms with Crippen LogP contribution in [0.25, 0.3) is 0 Å². The van der Waals surface area contributed by atoms with Crippen molar-refractivity contribution < 1.29 is 19.7 Å². The van der Waals surface area contributed by atoms with Gasteiger partial charge in [-0.25, -0.2) is 0 Å². The maximum absolute atomic E-state index is 10.7. The van der Waals surface area contributed by atoms with Gasteiger partial charge in [-0.15, -0.1) is 0 Å². The van der Waals surface area contributed by atoms with Crippen LogP contribution in [0.4, 0.5) is 0 Å². The van der Waals surface area contributed by atoms with E-state index < -0.39 is 11.5 Å². The number of benzene rings is 1. The van der Waals surface area contributed by atoms with Gasteiger partial charge >= 0.3 is 5.97 Å². The van der Waals surface area contributed by atoms with Crippen LogP contribution in [-0.2, 0) is 11.4 Å². The van der Waals surface area contributed by atoms with Gasteiger partial charge < -0.3 is 20.7 Å². The fourth-order valence-electron chi connectivity index (χ4n) is 1.06. The molecular weight excluding hydrogens is 210 g/mol. The van der Waals surface area contributed by atoms with E-state index in [-0.39, 0.29) is 13.2 Å². The lowest BCUT2D eigenvalue weighted by Crippen LogP contribution is -2.50. The van der Waals surface area contributed by atoms with Crippen molar-refractivity contribution in [3.63, 3.8) is 0 Å². The van der Waals surface area contributed by atoms with Crippen molar-refractivity contribution in [1.29, 1.82) is 0 Å². The molecule has 88 valence electrons. The van der Waals surface area contributed by atoms with Gasteiger partial charge in [0.05, 0.1) is 6.61 Å². The fourth-order valence-corrected chi connectivity index (χ4v) is 1.06. The predicted octanol–water partition coefficient (Wildman–Crippen LogP) is 0.360. The minimum absolute atomic E-state index is 0.153. The average molecular weight is 225 g/mol. The number of carboxylic acid groups (broad SMARTS) is 1. The lowest BCUT2D eigenvalue weighted by molar-refractivity contribution is -0.143. The Morgan fingerprint density at radius 2 is 2.12 bits per heavy atom. The molecule has 1 atom stereocenters. The molecule has 4 N–H and O–H groups in total. The highest BCUT2D eigenvalue weighted by molar-refractivity contribution is 5.78. The van der Waals surface area contributed by atoms with Crippen LogP contribution in [0, 0.1) is 0 Å². The molecule has 0 amide bonds. The summed E-state index contributed by atoms with van der Waals surface area (Å²) in [6.45, 7) is 1.06. The molecule has 0 saturated carbocycles. The zero-order chi connectivity index (χ0) is 12.2. The van der Waals surface area contributed by atoms with Crippen molar-refractivity contribution in [3.05, 3.63) is 29.8 Å². The molecule has 1 unspecified atom stereocenters. The molecule has 0 spiro atoms. The second kappa shape index (κ2) is 4.96. The topological polar surface area (TPSA) is 92.8 Å². The Labute approximate surface area is 93.5 Å². The third-order valence-corrected chi connectivity index (χ3v) is 2.16. The minimum Gasteiger partial charge on any atom is -0.491 e. The lowest BCUT2D eigenvalue weighted by atomic mass is 10.1. The molecule has 5 heteroatoms. The van der Waals surface area contributed by atoms with E-state index in [0.717, 1.165) is 0 Å². The SMILES string of the molecule is CC(N)(COc1ccccc1CO)C(=O)O. The normalized spacial score (nSPS) is 14.2. The Kier molecular flexibility index (Phi) is 3.87. The number of rotatable bonds is 5. The van der Waals surface area contributed by atoms with Gasteiger partial charge in [0.1, 0.15) is 17.9 Å². The van der Waals surface area contributed by atoms with Gasteiger partial charge in [0, 0.05) is 5.56 Å². The van der Waals surface area contributed by atoms with E-state index in [2.05, 4.69) is 0 Å². The zero-order valence-corrected chi connectivity index (χ0v) is 9.01. The predicted molar refractivity (Wildman–Crippen MR) is 58.1 cm³/mol. The van der Waals surface area contributed by atoms with Crippen molar-refractivity contribution >= 4 is 5.97 Å². The van der Waals surface area contributed by atoms with E-state index in [1.807, 2.05) is 0 Å².